The van der Waals surface area contributed by atoms with Crippen LogP contribution in [-0.2, 0) is 0 Å². The third-order valence-electron chi connectivity index (χ3n) is 2.35. The Bertz CT molecular complexity index is 579. The monoisotopic (exact) mass is 272 g/mol. The predicted molar refractivity (Wildman–Crippen MR) is 81.7 cm³/mol. The smallest absolute Gasteiger partial charge is 0.142 e. The summed E-state index contributed by atoms with van der Waals surface area (Å²) in [6.45, 7) is 9.69. The van der Waals surface area contributed by atoms with E-state index in [0.29, 0.717) is 17.6 Å². The molecule has 0 spiro atoms. The van der Waals surface area contributed by atoms with Crippen molar-refractivity contribution in [1.29, 1.82) is 0 Å². The Balaban J connectivity index is 0.000000200. The van der Waals surface area contributed by atoms with Gasteiger partial charge in [-0.3, -0.25) is 9.97 Å². The third kappa shape index (κ3) is 5.01. The lowest BCUT2D eigenvalue weighted by molar-refractivity contribution is 0.814. The Morgan fingerprint density at radius 2 is 1.55 bits per heavy atom. The summed E-state index contributed by atoms with van der Waals surface area (Å²) < 4.78 is 0. The Kier molecular flexibility index (Phi) is 5.58. The van der Waals surface area contributed by atoms with Gasteiger partial charge in [0.1, 0.15) is 11.6 Å². The number of hydrogen-bond donors (Lipinski definition) is 2. The number of nitrogen functional groups attached to an aromatic ring is 2. The fourth-order valence-corrected chi connectivity index (χ4v) is 1.26. The number of rotatable bonds is 2. The molecule has 0 aliphatic rings. The SMILES string of the molecule is C=C(C)c1cncc(N)n1.CC(C)c1cncc(N)n1. The van der Waals surface area contributed by atoms with Crippen molar-refractivity contribution >= 4 is 17.2 Å². The van der Waals surface area contributed by atoms with Crippen molar-refractivity contribution in [1.82, 2.24) is 19.9 Å². The fourth-order valence-electron chi connectivity index (χ4n) is 1.26. The summed E-state index contributed by atoms with van der Waals surface area (Å²) in [7, 11) is 0. The van der Waals surface area contributed by atoms with Crippen LogP contribution >= 0.6 is 0 Å². The number of nitrogens with two attached hydrogens (primary N) is 2. The molecular formula is C14H20N6. The molecule has 2 heterocycles. The highest BCUT2D eigenvalue weighted by Gasteiger charge is 1.99. The van der Waals surface area contributed by atoms with Crippen molar-refractivity contribution in [3.05, 3.63) is 42.8 Å². The molecule has 0 atom stereocenters. The molecule has 0 fully saturated rings. The van der Waals surface area contributed by atoms with Gasteiger partial charge in [0.05, 0.1) is 30.0 Å². The summed E-state index contributed by atoms with van der Waals surface area (Å²) in [4.78, 5) is 15.9. The van der Waals surface area contributed by atoms with Gasteiger partial charge in [-0.2, -0.15) is 0 Å². The highest BCUT2D eigenvalue weighted by molar-refractivity contribution is 5.57. The standard InChI is InChI=1S/C7H11N3.C7H9N3/c2*1-5(2)6-3-9-4-7(8)10-6/h3-5H,1-2H3,(H2,8,10);3-4H,1H2,2H3,(H2,8,10). The molecule has 2 rings (SSSR count). The second-order valence-corrected chi connectivity index (χ2v) is 4.63. The van der Waals surface area contributed by atoms with E-state index in [4.69, 9.17) is 11.5 Å². The van der Waals surface area contributed by atoms with Gasteiger partial charge in [-0.25, -0.2) is 9.97 Å². The molecule has 0 aliphatic heterocycles. The molecule has 0 radical (unpaired) electrons. The summed E-state index contributed by atoms with van der Waals surface area (Å²) in [5, 5.41) is 0. The van der Waals surface area contributed by atoms with Gasteiger partial charge in [0, 0.05) is 6.20 Å². The van der Waals surface area contributed by atoms with Crippen LogP contribution in [0.3, 0.4) is 0 Å². The maximum Gasteiger partial charge on any atom is 0.142 e. The normalized spacial score (nSPS) is 9.80. The average Bonchev–Trinajstić information content (AvgIpc) is 2.39. The number of hydrogen-bond acceptors (Lipinski definition) is 6. The Morgan fingerprint density at radius 3 is 1.90 bits per heavy atom. The van der Waals surface area contributed by atoms with Crippen molar-refractivity contribution in [2.75, 3.05) is 11.5 Å². The van der Waals surface area contributed by atoms with Crippen LogP contribution in [0.2, 0.25) is 0 Å². The number of allylic oxidation sites excluding steroid dienone is 1. The fraction of sp³-hybridized carbons (Fsp3) is 0.286. The minimum atomic E-state index is 0.399. The molecule has 0 amide bonds. The summed E-state index contributed by atoms with van der Waals surface area (Å²) in [5.41, 5.74) is 13.4. The Labute approximate surface area is 119 Å². The van der Waals surface area contributed by atoms with Crippen molar-refractivity contribution < 1.29 is 0 Å². The summed E-state index contributed by atoms with van der Waals surface area (Å²) in [5.74, 6) is 1.32. The van der Waals surface area contributed by atoms with Crippen LogP contribution in [0.5, 0.6) is 0 Å². The number of anilines is 2. The molecule has 0 aliphatic carbocycles. The molecule has 20 heavy (non-hydrogen) atoms. The molecule has 4 N–H and O–H groups in total. The van der Waals surface area contributed by atoms with Crippen molar-refractivity contribution in [2.24, 2.45) is 0 Å². The topological polar surface area (TPSA) is 104 Å². The Hall–Kier alpha value is -2.50. The van der Waals surface area contributed by atoms with Crippen LogP contribution in [0.4, 0.5) is 11.6 Å². The van der Waals surface area contributed by atoms with E-state index in [1.54, 1.807) is 18.6 Å². The maximum absolute atomic E-state index is 5.42. The van der Waals surface area contributed by atoms with E-state index in [1.807, 2.05) is 6.92 Å². The lowest BCUT2D eigenvalue weighted by atomic mass is 10.1. The van der Waals surface area contributed by atoms with Crippen LogP contribution < -0.4 is 11.5 Å². The molecule has 106 valence electrons. The van der Waals surface area contributed by atoms with Crippen molar-refractivity contribution in [2.45, 2.75) is 26.7 Å². The van der Waals surface area contributed by atoms with E-state index in [2.05, 4.69) is 40.4 Å². The summed E-state index contributed by atoms with van der Waals surface area (Å²) >= 11 is 0. The quantitative estimate of drug-likeness (QED) is 0.869. The second kappa shape index (κ2) is 7.18. The van der Waals surface area contributed by atoms with Crippen LogP contribution in [0.25, 0.3) is 5.57 Å². The van der Waals surface area contributed by atoms with Gasteiger partial charge in [-0.15, -0.1) is 0 Å². The summed E-state index contributed by atoms with van der Waals surface area (Å²) in [6, 6.07) is 0. The zero-order valence-corrected chi connectivity index (χ0v) is 12.0. The van der Waals surface area contributed by atoms with E-state index in [9.17, 15) is 0 Å². The number of nitrogens with zero attached hydrogens (tertiary/aromatic N) is 4. The first kappa shape index (κ1) is 15.6. The molecule has 0 bridgehead atoms. The maximum atomic E-state index is 5.42. The minimum Gasteiger partial charge on any atom is -0.382 e. The van der Waals surface area contributed by atoms with Crippen LogP contribution in [-0.4, -0.2) is 19.9 Å². The first-order valence-electron chi connectivity index (χ1n) is 6.21. The predicted octanol–water partition coefficient (Wildman–Crippen LogP) is 2.27. The van der Waals surface area contributed by atoms with E-state index in [0.717, 1.165) is 17.0 Å². The van der Waals surface area contributed by atoms with E-state index >= 15 is 0 Å². The first-order valence-corrected chi connectivity index (χ1v) is 6.21. The van der Waals surface area contributed by atoms with Gasteiger partial charge in [0.15, 0.2) is 0 Å². The van der Waals surface area contributed by atoms with Gasteiger partial charge in [-0.05, 0) is 18.4 Å². The second-order valence-electron chi connectivity index (χ2n) is 4.63. The number of aromatic nitrogens is 4. The van der Waals surface area contributed by atoms with Gasteiger partial charge in [0.2, 0.25) is 0 Å². The van der Waals surface area contributed by atoms with E-state index in [1.165, 1.54) is 6.20 Å². The highest BCUT2D eigenvalue weighted by Crippen LogP contribution is 2.09. The first-order chi connectivity index (χ1) is 9.40. The Morgan fingerprint density at radius 1 is 1.00 bits per heavy atom. The van der Waals surface area contributed by atoms with Crippen molar-refractivity contribution in [3.63, 3.8) is 0 Å². The van der Waals surface area contributed by atoms with E-state index < -0.39 is 0 Å². The molecule has 2 aromatic heterocycles. The lowest BCUT2D eigenvalue weighted by Crippen LogP contribution is -1.97. The molecule has 6 nitrogen and oxygen atoms in total. The van der Waals surface area contributed by atoms with Gasteiger partial charge >= 0.3 is 0 Å². The molecular weight excluding hydrogens is 252 g/mol. The van der Waals surface area contributed by atoms with Crippen LogP contribution in [0, 0.1) is 0 Å². The molecule has 0 saturated carbocycles. The van der Waals surface area contributed by atoms with Crippen LogP contribution in [0.1, 0.15) is 38.1 Å². The van der Waals surface area contributed by atoms with Crippen molar-refractivity contribution in [3.8, 4) is 0 Å². The lowest BCUT2D eigenvalue weighted by Gasteiger charge is -2.02. The molecule has 0 saturated heterocycles. The highest BCUT2D eigenvalue weighted by atomic mass is 14.9. The molecule has 0 unspecified atom stereocenters. The zero-order valence-electron chi connectivity index (χ0n) is 12.0. The largest absolute Gasteiger partial charge is 0.382 e. The summed E-state index contributed by atoms with van der Waals surface area (Å²) in [6.07, 6.45) is 6.43. The average molecular weight is 272 g/mol. The molecule has 0 aromatic carbocycles. The van der Waals surface area contributed by atoms with E-state index in [-0.39, 0.29) is 0 Å². The molecule has 6 heteroatoms. The van der Waals surface area contributed by atoms with Gasteiger partial charge < -0.3 is 11.5 Å². The van der Waals surface area contributed by atoms with Crippen LogP contribution in [0.15, 0.2) is 31.4 Å². The van der Waals surface area contributed by atoms with Gasteiger partial charge in [-0.1, -0.05) is 20.4 Å². The third-order valence-corrected chi connectivity index (χ3v) is 2.35. The zero-order chi connectivity index (χ0) is 15.1. The minimum absolute atomic E-state index is 0.399. The molecule has 2 aromatic rings. The van der Waals surface area contributed by atoms with Gasteiger partial charge in [0.25, 0.3) is 0 Å².